The summed E-state index contributed by atoms with van der Waals surface area (Å²) in [6, 6.07) is 51.2. The SMILES string of the molecule is CN(CCc1nc2ccccc2n1CC(=O)Nc1ccc2c(c1)CCC2)C(=O)c1ccc2ccccc2c1.CN(CCc1nc2ccccc2n1CC(=O)Nc1ccc2c(c1)CCC2)C(=O)c1ccccc1. The second-order valence-electron chi connectivity index (χ2n) is 18.9. The van der Waals surface area contributed by atoms with Crippen LogP contribution in [0.3, 0.4) is 0 Å². The summed E-state index contributed by atoms with van der Waals surface area (Å²) in [5.41, 5.74) is 11.9. The Hall–Kier alpha value is -8.38. The van der Waals surface area contributed by atoms with E-state index < -0.39 is 0 Å². The van der Waals surface area contributed by atoms with Gasteiger partial charge in [-0.2, -0.15) is 0 Å². The topological polar surface area (TPSA) is 134 Å². The highest BCUT2D eigenvalue weighted by Gasteiger charge is 2.20. The Bertz CT molecular complexity index is 3470. The molecule has 11 rings (SSSR count). The lowest BCUT2D eigenvalue weighted by atomic mass is 10.1. The summed E-state index contributed by atoms with van der Waals surface area (Å²) in [6.45, 7) is 1.32. The normalized spacial score (nSPS) is 12.5. The highest BCUT2D eigenvalue weighted by atomic mass is 16.2. The molecule has 0 aliphatic heterocycles. The molecule has 0 bridgehead atoms. The number of para-hydroxylation sites is 4. The molecule has 72 heavy (non-hydrogen) atoms. The minimum Gasteiger partial charge on any atom is -0.341 e. The molecule has 0 radical (unpaired) electrons. The number of nitrogens with one attached hydrogen (secondary N) is 2. The molecular formula is C60H58N8O4. The number of hydrogen-bond acceptors (Lipinski definition) is 6. The molecule has 2 aromatic heterocycles. The van der Waals surface area contributed by atoms with Crippen molar-refractivity contribution in [2.24, 2.45) is 0 Å². The fourth-order valence-electron chi connectivity index (χ4n) is 10.1. The molecule has 2 heterocycles. The van der Waals surface area contributed by atoms with Crippen molar-refractivity contribution in [2.75, 3.05) is 37.8 Å². The fraction of sp³-hybridized carbons (Fsp3) is 0.233. The molecule has 4 amide bonds. The first-order valence-electron chi connectivity index (χ1n) is 24.9. The summed E-state index contributed by atoms with van der Waals surface area (Å²) in [5.74, 6) is 1.33. The van der Waals surface area contributed by atoms with E-state index in [0.717, 1.165) is 81.5 Å². The highest BCUT2D eigenvalue weighted by molar-refractivity contribution is 5.99. The summed E-state index contributed by atoms with van der Waals surface area (Å²) in [5, 5.41) is 8.28. The third-order valence-electron chi connectivity index (χ3n) is 13.9. The van der Waals surface area contributed by atoms with Crippen LogP contribution in [0.1, 0.15) is 67.5 Å². The first-order chi connectivity index (χ1) is 35.1. The number of hydrogen-bond donors (Lipinski definition) is 2. The van der Waals surface area contributed by atoms with Gasteiger partial charge in [-0.3, -0.25) is 19.2 Å². The van der Waals surface area contributed by atoms with E-state index in [4.69, 9.17) is 9.97 Å². The molecule has 0 atom stereocenters. The van der Waals surface area contributed by atoms with Crippen LogP contribution in [-0.2, 0) is 61.2 Å². The maximum absolute atomic E-state index is 13.2. The number of benzene rings is 7. The van der Waals surface area contributed by atoms with Crippen LogP contribution in [0.15, 0.2) is 158 Å². The monoisotopic (exact) mass is 954 g/mol. The zero-order chi connectivity index (χ0) is 49.6. The van der Waals surface area contributed by atoms with Gasteiger partial charge in [0, 0.05) is 62.5 Å². The molecule has 12 heteroatoms. The van der Waals surface area contributed by atoms with Crippen molar-refractivity contribution < 1.29 is 19.2 Å². The molecular weight excluding hydrogens is 897 g/mol. The minimum atomic E-state index is -0.0899. The average molecular weight is 955 g/mol. The van der Waals surface area contributed by atoms with Gasteiger partial charge >= 0.3 is 0 Å². The number of anilines is 2. The van der Waals surface area contributed by atoms with Crippen LogP contribution in [0.5, 0.6) is 0 Å². The maximum Gasteiger partial charge on any atom is 0.253 e. The molecule has 0 unspecified atom stereocenters. The van der Waals surface area contributed by atoms with Crippen molar-refractivity contribution in [3.8, 4) is 0 Å². The van der Waals surface area contributed by atoms with Crippen LogP contribution in [0.2, 0.25) is 0 Å². The van der Waals surface area contributed by atoms with E-state index in [1.807, 2.05) is 150 Å². The smallest absolute Gasteiger partial charge is 0.253 e. The number of rotatable bonds is 14. The van der Waals surface area contributed by atoms with E-state index >= 15 is 0 Å². The molecule has 2 aliphatic carbocycles. The summed E-state index contributed by atoms with van der Waals surface area (Å²) in [6.07, 6.45) is 7.83. The van der Waals surface area contributed by atoms with Gasteiger partial charge in [-0.1, -0.05) is 84.9 Å². The second-order valence-corrected chi connectivity index (χ2v) is 18.9. The Kier molecular flexibility index (Phi) is 14.0. The zero-order valence-electron chi connectivity index (χ0n) is 40.8. The maximum atomic E-state index is 13.2. The van der Waals surface area contributed by atoms with Gasteiger partial charge in [0.15, 0.2) is 0 Å². The lowest BCUT2D eigenvalue weighted by molar-refractivity contribution is -0.117. The first-order valence-corrected chi connectivity index (χ1v) is 24.9. The van der Waals surface area contributed by atoms with E-state index in [2.05, 4.69) is 34.9 Å². The first kappa shape index (κ1) is 47.3. The Morgan fingerprint density at radius 1 is 0.472 bits per heavy atom. The minimum absolute atomic E-state index is 0.0300. The molecule has 0 saturated heterocycles. The van der Waals surface area contributed by atoms with Crippen molar-refractivity contribution in [3.05, 3.63) is 203 Å². The molecule has 0 spiro atoms. The van der Waals surface area contributed by atoms with E-state index in [1.165, 1.54) is 35.1 Å². The number of carbonyl (C=O) groups is 4. The van der Waals surface area contributed by atoms with Crippen molar-refractivity contribution >= 4 is 67.8 Å². The van der Waals surface area contributed by atoms with Crippen LogP contribution >= 0.6 is 0 Å². The molecule has 2 aliphatic rings. The van der Waals surface area contributed by atoms with Crippen LogP contribution in [0.4, 0.5) is 11.4 Å². The molecule has 2 N–H and O–H groups in total. The number of aromatic nitrogens is 4. The number of likely N-dealkylation sites (N-methyl/N-ethyl adjacent to an activating group) is 2. The van der Waals surface area contributed by atoms with Gasteiger partial charge in [0.1, 0.15) is 24.7 Å². The Labute approximate surface area is 419 Å². The molecule has 9 aromatic rings. The lowest BCUT2D eigenvalue weighted by Crippen LogP contribution is -2.30. The Morgan fingerprint density at radius 3 is 1.47 bits per heavy atom. The predicted octanol–water partition coefficient (Wildman–Crippen LogP) is 10.1. The summed E-state index contributed by atoms with van der Waals surface area (Å²) >= 11 is 0. The van der Waals surface area contributed by atoms with Gasteiger partial charge in [-0.15, -0.1) is 0 Å². The average Bonchev–Trinajstić information content (AvgIpc) is 4.23. The van der Waals surface area contributed by atoms with Gasteiger partial charge in [-0.05, 0) is 144 Å². The van der Waals surface area contributed by atoms with Gasteiger partial charge in [0.05, 0.1) is 22.1 Å². The third-order valence-corrected chi connectivity index (χ3v) is 13.9. The van der Waals surface area contributed by atoms with E-state index in [0.29, 0.717) is 37.1 Å². The third kappa shape index (κ3) is 10.7. The lowest BCUT2D eigenvalue weighted by Gasteiger charge is -2.18. The largest absolute Gasteiger partial charge is 0.341 e. The van der Waals surface area contributed by atoms with Crippen molar-refractivity contribution in [1.29, 1.82) is 0 Å². The molecule has 7 aromatic carbocycles. The van der Waals surface area contributed by atoms with Crippen LogP contribution < -0.4 is 10.6 Å². The Morgan fingerprint density at radius 2 is 0.931 bits per heavy atom. The van der Waals surface area contributed by atoms with Gasteiger partial charge in [-0.25, -0.2) is 9.97 Å². The number of amides is 4. The van der Waals surface area contributed by atoms with Crippen molar-refractivity contribution in [2.45, 2.75) is 64.5 Å². The van der Waals surface area contributed by atoms with E-state index in [1.54, 1.807) is 16.8 Å². The van der Waals surface area contributed by atoms with Crippen LogP contribution in [-0.4, -0.2) is 79.7 Å². The van der Waals surface area contributed by atoms with E-state index in [-0.39, 0.29) is 36.7 Å². The molecule has 12 nitrogen and oxygen atoms in total. The van der Waals surface area contributed by atoms with Crippen LogP contribution in [0, 0.1) is 0 Å². The Balaban J connectivity index is 0.000000167. The number of carbonyl (C=O) groups excluding carboxylic acids is 4. The van der Waals surface area contributed by atoms with Crippen molar-refractivity contribution in [1.82, 2.24) is 28.9 Å². The quantitative estimate of drug-likeness (QED) is 0.112. The van der Waals surface area contributed by atoms with Gasteiger partial charge in [0.2, 0.25) is 11.8 Å². The second kappa shape index (κ2) is 21.3. The van der Waals surface area contributed by atoms with E-state index in [9.17, 15) is 19.2 Å². The number of fused-ring (bicyclic) bond motifs is 5. The van der Waals surface area contributed by atoms with Gasteiger partial charge < -0.3 is 29.6 Å². The molecule has 362 valence electrons. The summed E-state index contributed by atoms with van der Waals surface area (Å²) in [4.78, 5) is 65.0. The fourth-order valence-corrected chi connectivity index (χ4v) is 10.1. The predicted molar refractivity (Wildman–Crippen MR) is 285 cm³/mol. The zero-order valence-corrected chi connectivity index (χ0v) is 40.8. The standard InChI is InChI=1S/C32H30N4O2.C28H28N4O2/c1-35(32(38)26-14-13-22-7-2-3-8-24(22)19-26)18-17-30-34-28-11-4-5-12-29(28)36(30)21-31(37)33-27-16-15-23-9-6-10-25(23)20-27;1-31(28(34)21-8-3-2-4-9-21)17-16-26-30-24-12-5-6-13-25(24)32(26)19-27(33)29-23-15-14-20-10-7-11-22(20)18-23/h2-5,7-8,11-16,19-20H,6,9-10,17-18,21H2,1H3,(H,33,37);2-6,8-9,12-15,18H,7,10-11,16-17,19H2,1H3,(H,29,33). The van der Waals surface area contributed by atoms with Gasteiger partial charge in [0.25, 0.3) is 11.8 Å². The number of nitrogens with zero attached hydrogens (tertiary/aromatic N) is 6. The molecule has 0 fully saturated rings. The number of imidazole rings is 2. The van der Waals surface area contributed by atoms with Crippen LogP contribution in [0.25, 0.3) is 32.8 Å². The highest BCUT2D eigenvalue weighted by Crippen LogP contribution is 2.27. The summed E-state index contributed by atoms with van der Waals surface area (Å²) < 4.78 is 3.92. The summed E-state index contributed by atoms with van der Waals surface area (Å²) in [7, 11) is 3.61. The van der Waals surface area contributed by atoms with Crippen molar-refractivity contribution in [3.63, 3.8) is 0 Å². The number of aryl methyl sites for hydroxylation is 4. The molecule has 0 saturated carbocycles.